The van der Waals surface area contributed by atoms with Crippen molar-refractivity contribution in [2.75, 3.05) is 0 Å². The van der Waals surface area contributed by atoms with E-state index < -0.39 is 21.8 Å². The number of nitro groups is 2. The highest BCUT2D eigenvalue weighted by Gasteiger charge is 2.60. The van der Waals surface area contributed by atoms with Crippen LogP contribution in [0.3, 0.4) is 0 Å². The minimum Gasteiger partial charge on any atom is -0.486 e. The van der Waals surface area contributed by atoms with Crippen molar-refractivity contribution < 1.29 is 39.1 Å². The monoisotopic (exact) mass is 1040 g/mol. The van der Waals surface area contributed by atoms with Gasteiger partial charge in [0.15, 0.2) is 11.5 Å². The van der Waals surface area contributed by atoms with Crippen LogP contribution >= 0.6 is 23.2 Å². The number of carboxylic acid groups (broad SMARTS) is 2. The molecule has 390 valence electrons. The first kappa shape index (κ1) is 53.8. The molecule has 0 bridgehead atoms. The number of nitro benzene ring substituents is 2. The molecule has 4 fully saturated rings. The molecular weight excluding hydrogens is 968 g/mol. The molecule has 4 aromatic rings. The van der Waals surface area contributed by atoms with Gasteiger partial charge in [0.25, 0.3) is 11.4 Å². The van der Waals surface area contributed by atoms with Gasteiger partial charge in [-0.25, -0.2) is 9.59 Å². The summed E-state index contributed by atoms with van der Waals surface area (Å²) < 4.78 is 12.0. The number of allylic oxidation sites excluding steroid dienone is 1. The number of ether oxygens (including phenoxy) is 2. The van der Waals surface area contributed by atoms with E-state index >= 15 is 0 Å². The van der Waals surface area contributed by atoms with E-state index in [9.17, 15) is 40.0 Å². The molecule has 9 atom stereocenters. The molecule has 12 nitrogen and oxygen atoms in total. The normalized spacial score (nSPS) is 25.7. The topological polar surface area (TPSA) is 179 Å². The van der Waals surface area contributed by atoms with E-state index in [2.05, 4.69) is 34.6 Å². The van der Waals surface area contributed by atoms with E-state index in [1.165, 1.54) is 131 Å². The van der Waals surface area contributed by atoms with Crippen LogP contribution in [-0.2, 0) is 13.2 Å². The Kier molecular flexibility index (Phi) is 16.6. The second kappa shape index (κ2) is 22.6. The number of hydrogen-bond acceptors (Lipinski definition) is 8. The molecular formula is C59H70Cl2N2O10. The van der Waals surface area contributed by atoms with Gasteiger partial charge in [0.2, 0.25) is 0 Å². The second-order valence-electron chi connectivity index (χ2n) is 22.7. The average Bonchev–Trinajstić information content (AvgIpc) is 3.71. The third-order valence-electron chi connectivity index (χ3n) is 18.1. The summed E-state index contributed by atoms with van der Waals surface area (Å²) in [6, 6.07) is 17.5. The molecule has 0 saturated heterocycles. The molecule has 73 heavy (non-hydrogen) atoms. The lowest BCUT2D eigenvalue weighted by Gasteiger charge is -2.61. The third-order valence-corrected chi connectivity index (χ3v) is 18.7. The molecule has 4 aliphatic rings. The zero-order valence-corrected chi connectivity index (χ0v) is 44.3. The fourth-order valence-electron chi connectivity index (χ4n) is 14.3. The fraction of sp³-hybridized carbons (Fsp3) is 0.525. The van der Waals surface area contributed by atoms with Crippen molar-refractivity contribution in [2.45, 2.75) is 138 Å². The van der Waals surface area contributed by atoms with Crippen LogP contribution in [0, 0.1) is 78.4 Å². The van der Waals surface area contributed by atoms with Crippen molar-refractivity contribution in [3.05, 3.63) is 143 Å². The van der Waals surface area contributed by atoms with Crippen molar-refractivity contribution in [3.8, 4) is 11.5 Å². The zero-order valence-electron chi connectivity index (χ0n) is 42.7. The molecule has 0 aromatic heterocycles. The molecule has 14 heteroatoms. The molecule has 0 radical (unpaired) electrons. The maximum absolute atomic E-state index is 12.9. The highest BCUT2D eigenvalue weighted by molar-refractivity contribution is 6.33. The van der Waals surface area contributed by atoms with Crippen molar-refractivity contribution in [1.82, 2.24) is 0 Å². The number of hydrogen-bond donors (Lipinski definition) is 2. The van der Waals surface area contributed by atoms with E-state index in [4.69, 9.17) is 32.7 Å². The lowest BCUT2D eigenvalue weighted by atomic mass is 9.44. The zero-order chi connectivity index (χ0) is 52.4. The van der Waals surface area contributed by atoms with E-state index in [0.717, 1.165) is 48.3 Å². The maximum Gasteiger partial charge on any atom is 0.339 e. The van der Waals surface area contributed by atoms with Crippen LogP contribution in [0.5, 0.6) is 11.5 Å². The lowest BCUT2D eigenvalue weighted by molar-refractivity contribution is -0.385. The molecule has 2 N–H and O–H groups in total. The molecule has 4 aromatic carbocycles. The minimum atomic E-state index is -1.30. The number of aromatic carboxylic acids is 2. The fourth-order valence-corrected chi connectivity index (χ4v) is 14.9. The Morgan fingerprint density at radius 3 is 1.74 bits per heavy atom. The highest BCUT2D eigenvalue weighted by Crippen LogP contribution is 2.69. The molecule has 4 saturated carbocycles. The number of rotatable bonds is 20. The molecule has 8 rings (SSSR count). The Hall–Kier alpha value is -5.46. The smallest absolute Gasteiger partial charge is 0.339 e. The summed E-state index contributed by atoms with van der Waals surface area (Å²) in [7, 11) is 0. The summed E-state index contributed by atoms with van der Waals surface area (Å²) in [5.41, 5.74) is 2.64. The first-order valence-electron chi connectivity index (χ1n) is 26.3. The summed E-state index contributed by atoms with van der Waals surface area (Å²) in [4.78, 5) is 47.3. The maximum atomic E-state index is 12.9. The number of nitrogens with zero attached hydrogens (tertiary/aromatic N) is 2. The molecule has 4 aliphatic carbocycles. The Morgan fingerprint density at radius 1 is 0.712 bits per heavy atom. The van der Waals surface area contributed by atoms with Gasteiger partial charge < -0.3 is 19.7 Å². The number of benzene rings is 4. The average molecular weight is 1040 g/mol. The number of non-ortho nitro benzene ring substituents is 2. The van der Waals surface area contributed by atoms with Crippen molar-refractivity contribution >= 4 is 52.1 Å². The number of carbonyl (C=O) groups is 2. The molecule has 0 amide bonds. The molecule has 0 unspecified atom stereocenters. The Balaban J connectivity index is 1.03. The van der Waals surface area contributed by atoms with Crippen LogP contribution in [0.25, 0.3) is 5.57 Å². The Morgan fingerprint density at radius 2 is 1.23 bits per heavy atom. The van der Waals surface area contributed by atoms with E-state index in [0.29, 0.717) is 56.9 Å². The van der Waals surface area contributed by atoms with E-state index in [1.807, 2.05) is 6.08 Å². The summed E-state index contributed by atoms with van der Waals surface area (Å²) in [6.07, 6.45) is 19.2. The van der Waals surface area contributed by atoms with E-state index in [-0.39, 0.29) is 57.3 Å². The second-order valence-corrected chi connectivity index (χ2v) is 23.5. The van der Waals surface area contributed by atoms with Crippen molar-refractivity contribution in [2.24, 2.45) is 58.2 Å². The third kappa shape index (κ3) is 11.6. The molecule has 0 spiro atoms. The summed E-state index contributed by atoms with van der Waals surface area (Å²) >= 11 is 13.8. The highest BCUT2D eigenvalue weighted by atomic mass is 35.5. The van der Waals surface area contributed by atoms with Crippen molar-refractivity contribution in [3.63, 3.8) is 0 Å². The van der Waals surface area contributed by atoms with Gasteiger partial charge in [-0.15, -0.1) is 0 Å². The van der Waals surface area contributed by atoms with Gasteiger partial charge >= 0.3 is 11.9 Å². The van der Waals surface area contributed by atoms with Crippen molar-refractivity contribution in [1.29, 1.82) is 0 Å². The van der Waals surface area contributed by atoms with Crippen LogP contribution in [-0.4, -0.2) is 32.0 Å². The first-order valence-corrected chi connectivity index (χ1v) is 27.1. The molecule has 0 aliphatic heterocycles. The minimum absolute atomic E-state index is 0.00443. The summed E-state index contributed by atoms with van der Waals surface area (Å²) in [6.45, 7) is 12.3. The van der Waals surface area contributed by atoms with Crippen LogP contribution < -0.4 is 9.47 Å². The predicted octanol–water partition coefficient (Wildman–Crippen LogP) is 16.3. The number of carboxylic acids is 2. The van der Waals surface area contributed by atoms with Gasteiger partial charge in [0.05, 0.1) is 19.9 Å². The number of halogens is 2. The summed E-state index contributed by atoms with van der Waals surface area (Å²) in [5, 5.41) is 43.5. The van der Waals surface area contributed by atoms with Crippen LogP contribution in [0.1, 0.15) is 167 Å². The summed E-state index contributed by atoms with van der Waals surface area (Å²) in [5.74, 6) is 3.20. The Labute approximate surface area is 439 Å². The van der Waals surface area contributed by atoms with Crippen LogP contribution in [0.4, 0.5) is 11.4 Å². The van der Waals surface area contributed by atoms with Gasteiger partial charge in [0.1, 0.15) is 24.3 Å². The van der Waals surface area contributed by atoms with Gasteiger partial charge in [-0.1, -0.05) is 83.2 Å². The van der Waals surface area contributed by atoms with Gasteiger partial charge in [-0.3, -0.25) is 20.2 Å². The largest absolute Gasteiger partial charge is 0.486 e. The SMILES string of the molecule is CC(C)CCC[C@@H](C)[C@H]1CC[C@H]2[C@@H]3CC[C@H]4C[C@@H](CCC=C(c5cc(Cl)c(OCc6ccc([N+](=O)[O-])cc6)c(C(=O)O)c5)c5cc(Cl)c(OCc6ccc([N+](=O)[O-])cc6)c(C(=O)O)c5)CC[C@]4(C)[C@H]3CC[C@]12C. The first-order chi connectivity index (χ1) is 34.8. The standard InChI is InChI=1S/C59H70Cl2N2O10/c1-35(2)8-6-9-36(3)49-22-23-50-46-21-16-42-28-37(24-26-58(42,4)51(46)25-27-59(49,50)5)10-7-11-45(40-29-47(56(64)65)54(52(60)31-40)72-33-38-12-17-43(18-13-38)62(68)69)41-30-48(57(66)67)55(53(61)32-41)73-34-39-14-19-44(20-15-39)63(70)71/h11-15,17-20,29-32,35-37,42,46,49-51H,6-10,16,21-28,33-34H2,1-5H3,(H,64,65)(H,66,67)/t36-,37+,42+,46+,49-,50+,51+,58+,59-/m1/s1. The van der Waals surface area contributed by atoms with Crippen LogP contribution in [0.2, 0.25) is 10.0 Å². The quantitative estimate of drug-likeness (QED) is 0.0639. The Bertz CT molecular complexity index is 2590. The van der Waals surface area contributed by atoms with Gasteiger partial charge in [-0.2, -0.15) is 0 Å². The van der Waals surface area contributed by atoms with Crippen LogP contribution in [0.15, 0.2) is 78.9 Å². The van der Waals surface area contributed by atoms with E-state index in [1.54, 1.807) is 12.1 Å². The van der Waals surface area contributed by atoms with Gasteiger partial charge in [-0.05, 0) is 205 Å². The molecule has 0 heterocycles. The van der Waals surface area contributed by atoms with Gasteiger partial charge in [0, 0.05) is 24.3 Å². The predicted molar refractivity (Wildman–Crippen MR) is 285 cm³/mol. The lowest BCUT2D eigenvalue weighted by Crippen LogP contribution is -2.53. The number of fused-ring (bicyclic) bond motifs is 5.